The summed E-state index contributed by atoms with van der Waals surface area (Å²) in [6.45, 7) is 18.9. The van der Waals surface area contributed by atoms with Gasteiger partial charge in [-0.15, -0.1) is 18.9 Å². The van der Waals surface area contributed by atoms with E-state index in [-0.39, 0.29) is 70.2 Å². The van der Waals surface area contributed by atoms with E-state index in [9.17, 15) is 71.1 Å². The maximum atomic E-state index is 12.6. The molecular weight excluding hydrogens is 1170 g/mol. The lowest BCUT2D eigenvalue weighted by Crippen LogP contribution is -2.41. The standard InChI is InChI=1S/C10H8O5.C7H9FO3.C7H8O4.C7H6O4.C6H6O5.C6H8O4.C5H5FO3.C5H6O3/c11-8-6-13-10(9(12)15-8)14-7-4-2-1-3-5-7;1-3-5-7(9)10-4(2)6(8)11-5;2*1-2-3-5-7(9)11-6(8)4-10-5;1-2-9-6-5(8)11-4(7)3-10-6;1-2-4-6(8)10-5(7)3-9-4;1-3-5(6)8-2-4(7)9-3;1-4-2-7-3-5(6)8-4/h1-5,10H,6H2;5-6H,2-3H2,1H3;2,5H,1,3-4H2;1,5H,3-4H2;2,6H,1,3H2;4H,2-3H2,1H3;5H,1-2H2;1-3H2. The third-order valence-electron chi connectivity index (χ3n) is 9.41. The van der Waals surface area contributed by atoms with E-state index in [2.05, 4.69) is 95.7 Å². The second kappa shape index (κ2) is 39.3. The first kappa shape index (κ1) is 72.8. The van der Waals surface area contributed by atoms with Crippen molar-refractivity contribution < 1.29 is 156 Å². The van der Waals surface area contributed by atoms with Crippen molar-refractivity contribution in [2.75, 3.05) is 52.9 Å². The highest BCUT2D eigenvalue weighted by Crippen LogP contribution is 2.21. The van der Waals surface area contributed by atoms with Crippen molar-refractivity contribution in [3.8, 4) is 18.1 Å². The van der Waals surface area contributed by atoms with E-state index >= 15 is 0 Å². The van der Waals surface area contributed by atoms with E-state index in [0.29, 0.717) is 37.4 Å². The number of hydrogen-bond donors (Lipinski definition) is 0. The van der Waals surface area contributed by atoms with Crippen LogP contribution in [0.1, 0.15) is 39.5 Å². The van der Waals surface area contributed by atoms with Gasteiger partial charge in [-0.05, 0) is 25.0 Å². The lowest BCUT2D eigenvalue weighted by Gasteiger charge is -2.24. The van der Waals surface area contributed by atoms with E-state index < -0.39 is 121 Å². The van der Waals surface area contributed by atoms with Crippen molar-refractivity contribution in [2.24, 2.45) is 0 Å². The quantitative estimate of drug-likeness (QED) is 0.0832. The average Bonchev–Trinajstić information content (AvgIpc) is 3.68. The Labute approximate surface area is 486 Å². The highest BCUT2D eigenvalue weighted by Gasteiger charge is 2.35. The van der Waals surface area contributed by atoms with Crippen LogP contribution < -0.4 is 4.74 Å². The zero-order valence-corrected chi connectivity index (χ0v) is 45.7. The lowest BCUT2D eigenvalue weighted by molar-refractivity contribution is -0.207. The van der Waals surface area contributed by atoms with Crippen LogP contribution >= 0.6 is 0 Å². The predicted molar refractivity (Wildman–Crippen MR) is 269 cm³/mol. The van der Waals surface area contributed by atoms with Crippen LogP contribution in [0.3, 0.4) is 0 Å². The highest BCUT2D eigenvalue weighted by molar-refractivity contribution is 5.92. The number of terminal acetylenes is 1. The summed E-state index contributed by atoms with van der Waals surface area (Å²) in [5.41, 5.74) is 0. The maximum Gasteiger partial charge on any atom is 0.384 e. The van der Waals surface area contributed by atoms with Gasteiger partial charge in [-0.3, -0.25) is 0 Å². The van der Waals surface area contributed by atoms with Crippen LogP contribution in [0, 0.1) is 12.3 Å². The van der Waals surface area contributed by atoms with Crippen LogP contribution in [0.4, 0.5) is 8.78 Å². The Morgan fingerprint density at radius 2 is 0.930 bits per heavy atom. The third kappa shape index (κ3) is 28.3. The summed E-state index contributed by atoms with van der Waals surface area (Å²) in [5.74, 6) is -5.81. The van der Waals surface area contributed by atoms with Crippen molar-refractivity contribution in [1.82, 2.24) is 0 Å². The van der Waals surface area contributed by atoms with Crippen LogP contribution in [0.25, 0.3) is 0 Å². The number of carbonyl (C=O) groups excluding carboxylic acids is 13. The average molecular weight is 1230 g/mol. The van der Waals surface area contributed by atoms with Crippen LogP contribution in [-0.4, -0.2) is 180 Å². The van der Waals surface area contributed by atoms with Gasteiger partial charge >= 0.3 is 83.9 Å². The third-order valence-corrected chi connectivity index (χ3v) is 9.41. The van der Waals surface area contributed by atoms with Crippen molar-refractivity contribution in [2.45, 2.75) is 89.2 Å². The first-order valence-corrected chi connectivity index (χ1v) is 24.5. The van der Waals surface area contributed by atoms with Gasteiger partial charge < -0.3 is 85.3 Å². The van der Waals surface area contributed by atoms with Crippen molar-refractivity contribution in [3.05, 3.63) is 92.8 Å². The van der Waals surface area contributed by atoms with Crippen LogP contribution in [0.2, 0.25) is 0 Å². The van der Waals surface area contributed by atoms with Gasteiger partial charge in [-0.1, -0.05) is 64.4 Å². The van der Waals surface area contributed by atoms with Gasteiger partial charge in [0, 0.05) is 12.8 Å². The molecular formula is C53H56F2O31. The minimum absolute atomic E-state index is 0.0546. The molecule has 8 saturated heterocycles. The number of halogens is 2. The Bertz CT molecular complexity index is 2640. The molecule has 0 radical (unpaired) electrons. The molecule has 0 N–H and O–H groups in total. The molecule has 0 bridgehead atoms. The molecule has 468 valence electrons. The fourth-order valence-electron chi connectivity index (χ4n) is 5.58. The minimum Gasteiger partial charge on any atom is -0.462 e. The van der Waals surface area contributed by atoms with E-state index in [1.807, 2.05) is 6.07 Å². The number of ether oxygens (including phenoxy) is 18. The molecule has 0 aromatic heterocycles. The maximum absolute atomic E-state index is 12.6. The number of para-hydroxylation sites is 1. The molecule has 0 amide bonds. The minimum atomic E-state index is -1.67. The molecule has 8 aliphatic rings. The van der Waals surface area contributed by atoms with Gasteiger partial charge in [-0.25, -0.2) is 71.1 Å². The monoisotopic (exact) mass is 1230 g/mol. The van der Waals surface area contributed by atoms with E-state index in [1.54, 1.807) is 44.2 Å². The number of esters is 13. The summed E-state index contributed by atoms with van der Waals surface area (Å²) in [6.07, 6.45) is 0.635. The normalized spacial score (nSPS) is 24.9. The molecule has 0 saturated carbocycles. The Morgan fingerprint density at radius 3 is 1.35 bits per heavy atom. The Balaban J connectivity index is 0.000000337. The van der Waals surface area contributed by atoms with Crippen LogP contribution in [0.5, 0.6) is 5.75 Å². The van der Waals surface area contributed by atoms with Gasteiger partial charge in [0.15, 0.2) is 35.9 Å². The molecule has 8 atom stereocenters. The molecule has 8 fully saturated rings. The number of carbonyl (C=O) groups is 13. The van der Waals surface area contributed by atoms with Gasteiger partial charge in [0.25, 0.3) is 19.0 Å². The molecule has 1 aromatic carbocycles. The number of benzene rings is 1. The van der Waals surface area contributed by atoms with Gasteiger partial charge in [0.2, 0.25) is 0 Å². The van der Waals surface area contributed by atoms with E-state index in [1.165, 1.54) is 0 Å². The first-order valence-electron chi connectivity index (χ1n) is 24.5. The van der Waals surface area contributed by atoms with Gasteiger partial charge in [0.1, 0.15) is 64.4 Å². The predicted octanol–water partition coefficient (Wildman–Crippen LogP) is 1.03. The zero-order valence-electron chi connectivity index (χ0n) is 45.7. The Kier molecular flexibility index (Phi) is 33.3. The van der Waals surface area contributed by atoms with Crippen molar-refractivity contribution >= 4 is 77.6 Å². The Morgan fingerprint density at radius 1 is 0.500 bits per heavy atom. The highest BCUT2D eigenvalue weighted by atomic mass is 19.2. The summed E-state index contributed by atoms with van der Waals surface area (Å²) < 4.78 is 107. The van der Waals surface area contributed by atoms with Crippen LogP contribution in [0.15, 0.2) is 92.8 Å². The summed E-state index contributed by atoms with van der Waals surface area (Å²) >= 11 is 0. The summed E-state index contributed by atoms with van der Waals surface area (Å²) in [7, 11) is 0. The fourth-order valence-corrected chi connectivity index (χ4v) is 5.58. The van der Waals surface area contributed by atoms with Crippen LogP contribution in [-0.2, 0) is 143 Å². The smallest absolute Gasteiger partial charge is 0.384 e. The van der Waals surface area contributed by atoms with Gasteiger partial charge in [0.05, 0.1) is 6.26 Å². The fraction of sp³-hybridized carbons (Fsp3) is 0.415. The summed E-state index contributed by atoms with van der Waals surface area (Å²) in [6, 6.07) is 8.68. The summed E-state index contributed by atoms with van der Waals surface area (Å²) in [4.78, 5) is 137. The number of hydrogen-bond acceptors (Lipinski definition) is 31. The molecule has 8 unspecified atom stereocenters. The molecule has 9 rings (SSSR count). The summed E-state index contributed by atoms with van der Waals surface area (Å²) in [5, 5.41) is 0. The second-order valence-electron chi connectivity index (χ2n) is 16.0. The van der Waals surface area contributed by atoms with Crippen molar-refractivity contribution in [1.29, 1.82) is 0 Å². The largest absolute Gasteiger partial charge is 0.462 e. The molecule has 33 heteroatoms. The SMILES string of the molecule is C#CCC1OCC(=O)OC1=O.C=C1COCC(=O)O1.C=C1OC(=O)C(CC)OC1F.C=C1OC(=O)COC1F.C=CCC1OCC(=O)OC1=O.C=COC1OCC(=O)OC1=O.CCC1OCC(=O)OC1=O.O=C1COC(Oc2ccccc2)C(=O)O1. The Hall–Kier alpha value is -9.27. The first-order chi connectivity index (χ1) is 40.8. The van der Waals surface area contributed by atoms with Crippen molar-refractivity contribution in [3.63, 3.8) is 0 Å². The molecule has 8 aliphatic heterocycles. The topological polar surface area (TPSA) is 388 Å². The molecule has 86 heavy (non-hydrogen) atoms. The van der Waals surface area contributed by atoms with Gasteiger partial charge in [-0.2, -0.15) is 0 Å². The zero-order chi connectivity index (χ0) is 64.3. The molecule has 1 aromatic rings. The number of rotatable bonds is 9. The lowest BCUT2D eigenvalue weighted by atomic mass is 10.2. The molecule has 8 heterocycles. The number of cyclic esters (lactones) is 13. The molecule has 31 nitrogen and oxygen atoms in total. The van der Waals surface area contributed by atoms with E-state index in [0.717, 1.165) is 6.26 Å². The molecule has 0 spiro atoms. The second-order valence-corrected chi connectivity index (χ2v) is 16.0. The number of alkyl halides is 2. The van der Waals surface area contributed by atoms with E-state index in [4.69, 9.17) is 34.8 Å². The molecule has 0 aliphatic carbocycles.